The lowest BCUT2D eigenvalue weighted by atomic mass is 10.1. The van der Waals surface area contributed by atoms with Gasteiger partial charge in [-0.25, -0.2) is 14.2 Å². The topological polar surface area (TPSA) is 75.9 Å². The molecule has 1 saturated heterocycles. The number of anilines is 1. The number of rotatable bonds is 4. The fourth-order valence-corrected chi connectivity index (χ4v) is 3.28. The molecule has 7 nitrogen and oxygen atoms in total. The molecule has 0 radical (unpaired) electrons. The van der Waals surface area contributed by atoms with Crippen LogP contribution in [0.3, 0.4) is 0 Å². The Kier molecular flexibility index (Phi) is 4.46. The van der Waals surface area contributed by atoms with Crippen LogP contribution in [0.15, 0.2) is 42.7 Å². The molecule has 144 valence electrons. The van der Waals surface area contributed by atoms with Crippen molar-refractivity contribution in [2.45, 2.75) is 20.0 Å². The van der Waals surface area contributed by atoms with E-state index in [0.29, 0.717) is 16.8 Å². The third-order valence-electron chi connectivity index (χ3n) is 4.60. The smallest absolute Gasteiger partial charge is 0.414 e. The largest absolute Gasteiger partial charge is 0.442 e. The zero-order valence-electron chi connectivity index (χ0n) is 15.5. The number of aromatic nitrogens is 2. The summed E-state index contributed by atoms with van der Waals surface area (Å²) in [7, 11) is 0. The van der Waals surface area contributed by atoms with Gasteiger partial charge in [-0.3, -0.25) is 9.69 Å². The molecule has 0 spiro atoms. The van der Waals surface area contributed by atoms with E-state index in [1.807, 2.05) is 35.9 Å². The van der Waals surface area contributed by atoms with Gasteiger partial charge in [-0.1, -0.05) is 0 Å². The summed E-state index contributed by atoms with van der Waals surface area (Å²) in [5.41, 5.74) is 3.23. The van der Waals surface area contributed by atoms with Crippen molar-refractivity contribution in [3.05, 3.63) is 54.2 Å². The molecule has 1 unspecified atom stereocenters. The van der Waals surface area contributed by atoms with Crippen LogP contribution in [0.1, 0.15) is 12.6 Å². The first-order valence-corrected chi connectivity index (χ1v) is 8.88. The number of benzene rings is 1. The highest BCUT2D eigenvalue weighted by Gasteiger charge is 2.32. The number of hydrogen-bond donors (Lipinski definition) is 1. The summed E-state index contributed by atoms with van der Waals surface area (Å²) in [6.07, 6.45) is 2.67. The van der Waals surface area contributed by atoms with E-state index in [9.17, 15) is 14.0 Å². The highest BCUT2D eigenvalue weighted by Crippen LogP contribution is 2.29. The molecule has 1 N–H and O–H groups in total. The average molecular weight is 382 g/mol. The number of carbonyl (C=O) groups is 2. The fourth-order valence-electron chi connectivity index (χ4n) is 3.28. The highest BCUT2D eigenvalue weighted by molar-refractivity contribution is 5.90. The van der Waals surface area contributed by atoms with Gasteiger partial charge in [-0.05, 0) is 37.3 Å². The van der Waals surface area contributed by atoms with Gasteiger partial charge in [0.1, 0.15) is 17.6 Å². The second-order valence-electron chi connectivity index (χ2n) is 6.78. The summed E-state index contributed by atoms with van der Waals surface area (Å²) in [4.78, 5) is 28.8. The summed E-state index contributed by atoms with van der Waals surface area (Å²) >= 11 is 0. The molecular weight excluding hydrogens is 363 g/mol. The number of carbonyl (C=O) groups excluding carboxylic acids is 2. The normalized spacial score (nSPS) is 16.5. The van der Waals surface area contributed by atoms with E-state index in [1.54, 1.807) is 12.1 Å². The van der Waals surface area contributed by atoms with E-state index in [2.05, 4.69) is 10.3 Å². The first kappa shape index (κ1) is 18.0. The number of pyridine rings is 1. The van der Waals surface area contributed by atoms with E-state index >= 15 is 0 Å². The van der Waals surface area contributed by atoms with Crippen LogP contribution in [-0.4, -0.2) is 40.6 Å². The Bertz CT molecular complexity index is 1080. The van der Waals surface area contributed by atoms with Crippen LogP contribution in [0, 0.1) is 12.7 Å². The first-order valence-electron chi connectivity index (χ1n) is 8.88. The van der Waals surface area contributed by atoms with Gasteiger partial charge in [0, 0.05) is 30.4 Å². The number of nitrogens with zero attached hydrogens (tertiary/aromatic N) is 3. The van der Waals surface area contributed by atoms with E-state index in [4.69, 9.17) is 4.74 Å². The lowest BCUT2D eigenvalue weighted by Crippen LogP contribution is -2.33. The van der Waals surface area contributed by atoms with Crippen molar-refractivity contribution in [1.82, 2.24) is 14.7 Å². The number of fused-ring (bicyclic) bond motifs is 1. The number of imidazole rings is 1. The number of nitrogens with one attached hydrogen (secondary N) is 1. The SMILES string of the molecule is CC(=O)NCC1CN(c2ccc(-c3ccc4nc(C)cn4c3)c(F)c2)C(=O)O1. The number of amides is 2. The van der Waals surface area contributed by atoms with Crippen LogP contribution in [0.25, 0.3) is 16.8 Å². The molecule has 8 heteroatoms. The Hall–Kier alpha value is -3.42. The lowest BCUT2D eigenvalue weighted by Gasteiger charge is -2.14. The van der Waals surface area contributed by atoms with Crippen LogP contribution in [0.4, 0.5) is 14.9 Å². The second kappa shape index (κ2) is 6.95. The van der Waals surface area contributed by atoms with Crippen LogP contribution in [0.5, 0.6) is 0 Å². The van der Waals surface area contributed by atoms with Crippen molar-refractivity contribution < 1.29 is 18.7 Å². The Morgan fingerprint density at radius 1 is 1.32 bits per heavy atom. The van der Waals surface area contributed by atoms with Crippen LogP contribution >= 0.6 is 0 Å². The maximum Gasteiger partial charge on any atom is 0.414 e. The minimum atomic E-state index is -0.558. The Balaban J connectivity index is 1.57. The molecule has 1 atom stereocenters. The summed E-state index contributed by atoms with van der Waals surface area (Å²) < 4.78 is 21.9. The van der Waals surface area contributed by atoms with Crippen LogP contribution in [0.2, 0.25) is 0 Å². The molecule has 1 aromatic carbocycles. The molecule has 1 fully saturated rings. The van der Waals surface area contributed by atoms with Gasteiger partial charge >= 0.3 is 6.09 Å². The van der Waals surface area contributed by atoms with Crippen LogP contribution < -0.4 is 10.2 Å². The third-order valence-corrected chi connectivity index (χ3v) is 4.60. The van der Waals surface area contributed by atoms with Gasteiger partial charge in [-0.15, -0.1) is 0 Å². The number of halogens is 1. The average Bonchev–Trinajstić information content (AvgIpc) is 3.20. The molecule has 0 aliphatic carbocycles. The molecule has 1 aliphatic heterocycles. The Labute approximate surface area is 160 Å². The maximum absolute atomic E-state index is 14.8. The lowest BCUT2D eigenvalue weighted by molar-refractivity contribution is -0.119. The van der Waals surface area contributed by atoms with Gasteiger partial charge in [0.25, 0.3) is 0 Å². The van der Waals surface area contributed by atoms with Gasteiger partial charge in [0.2, 0.25) is 5.91 Å². The number of ether oxygens (including phenoxy) is 1. The highest BCUT2D eigenvalue weighted by atomic mass is 19.1. The van der Waals surface area contributed by atoms with E-state index < -0.39 is 18.0 Å². The molecule has 3 heterocycles. The van der Waals surface area contributed by atoms with Gasteiger partial charge in [0.05, 0.1) is 24.5 Å². The standard InChI is InChI=1S/C20H19FN4O3/c1-12-9-24-10-14(3-6-19(24)23-12)17-5-4-15(7-18(17)21)25-11-16(28-20(25)27)8-22-13(2)26/h3-7,9-10,16H,8,11H2,1-2H3,(H,22,26). The van der Waals surface area contributed by atoms with Crippen molar-refractivity contribution in [2.24, 2.45) is 0 Å². The van der Waals surface area contributed by atoms with E-state index in [0.717, 1.165) is 11.3 Å². The zero-order valence-corrected chi connectivity index (χ0v) is 15.5. The monoisotopic (exact) mass is 382 g/mol. The first-order chi connectivity index (χ1) is 13.4. The Morgan fingerprint density at radius 3 is 2.89 bits per heavy atom. The maximum atomic E-state index is 14.8. The van der Waals surface area contributed by atoms with Crippen molar-refractivity contribution in [3.8, 4) is 11.1 Å². The fraction of sp³-hybridized carbons (Fsp3) is 0.250. The Morgan fingerprint density at radius 2 is 2.14 bits per heavy atom. The molecule has 2 aromatic heterocycles. The molecule has 0 saturated carbocycles. The van der Waals surface area contributed by atoms with E-state index in [-0.39, 0.29) is 19.0 Å². The van der Waals surface area contributed by atoms with Crippen molar-refractivity contribution >= 4 is 23.3 Å². The van der Waals surface area contributed by atoms with Gasteiger partial charge in [-0.2, -0.15) is 0 Å². The van der Waals surface area contributed by atoms with E-state index in [1.165, 1.54) is 17.9 Å². The number of aryl methyl sites for hydroxylation is 1. The molecule has 28 heavy (non-hydrogen) atoms. The predicted octanol–water partition coefficient (Wildman–Crippen LogP) is 2.91. The van der Waals surface area contributed by atoms with Gasteiger partial charge < -0.3 is 14.5 Å². The zero-order chi connectivity index (χ0) is 19.8. The molecule has 2 amide bonds. The quantitative estimate of drug-likeness (QED) is 0.753. The number of hydrogen-bond acceptors (Lipinski definition) is 4. The molecular formula is C20H19FN4O3. The minimum absolute atomic E-state index is 0.199. The van der Waals surface area contributed by atoms with Crippen LogP contribution in [-0.2, 0) is 9.53 Å². The van der Waals surface area contributed by atoms with Crippen molar-refractivity contribution in [1.29, 1.82) is 0 Å². The second-order valence-corrected chi connectivity index (χ2v) is 6.78. The molecule has 1 aliphatic rings. The molecule has 4 rings (SSSR count). The van der Waals surface area contributed by atoms with Crippen molar-refractivity contribution in [3.63, 3.8) is 0 Å². The third kappa shape index (κ3) is 3.40. The summed E-state index contributed by atoms with van der Waals surface area (Å²) in [5.74, 6) is -0.637. The molecule has 3 aromatic rings. The van der Waals surface area contributed by atoms with Crippen molar-refractivity contribution in [2.75, 3.05) is 18.0 Å². The summed E-state index contributed by atoms with van der Waals surface area (Å²) in [6, 6.07) is 8.29. The molecule has 0 bridgehead atoms. The summed E-state index contributed by atoms with van der Waals surface area (Å²) in [5, 5.41) is 2.61. The number of cyclic esters (lactones) is 1. The minimum Gasteiger partial charge on any atom is -0.442 e. The van der Waals surface area contributed by atoms with Gasteiger partial charge in [0.15, 0.2) is 0 Å². The summed E-state index contributed by atoms with van der Waals surface area (Å²) in [6.45, 7) is 3.77. The predicted molar refractivity (Wildman–Crippen MR) is 102 cm³/mol.